The van der Waals surface area contributed by atoms with Gasteiger partial charge in [-0.15, -0.1) is 0 Å². The van der Waals surface area contributed by atoms with Crippen molar-refractivity contribution in [1.82, 2.24) is 15.5 Å². The molecule has 1 N–H and O–H groups in total. The Kier molecular flexibility index (Phi) is 4.98. The fraction of sp³-hybridized carbons (Fsp3) is 0.211. The number of carbonyl (C=O) groups excluding carboxylic acids is 1. The van der Waals surface area contributed by atoms with Gasteiger partial charge in [0.25, 0.3) is 11.8 Å². The highest BCUT2D eigenvalue weighted by molar-refractivity contribution is 5.95. The molecule has 0 aliphatic rings. The van der Waals surface area contributed by atoms with Crippen LogP contribution in [0.3, 0.4) is 0 Å². The zero-order valence-electron chi connectivity index (χ0n) is 14.5. The standard InChI is InChI=1S/C19H16F3N3O2/c1-11(2)23-17(26)13-7-5-6-12(10-13)16-24-18(27-25-16)14-8-3-4-9-15(14)19(20,21)22/h3-11H,1-2H3,(H,23,26). The number of nitrogens with zero attached hydrogens (tertiary/aromatic N) is 2. The molecule has 0 radical (unpaired) electrons. The maximum absolute atomic E-state index is 13.2. The molecule has 0 aliphatic carbocycles. The normalized spacial score (nSPS) is 11.6. The molecule has 0 bridgehead atoms. The van der Waals surface area contributed by atoms with Crippen LogP contribution in [-0.4, -0.2) is 22.1 Å². The Hall–Kier alpha value is -3.16. The molecule has 0 unspecified atom stereocenters. The Bertz CT molecular complexity index is 965. The molecule has 3 aromatic rings. The first-order valence-electron chi connectivity index (χ1n) is 8.17. The van der Waals surface area contributed by atoms with Crippen LogP contribution in [0.5, 0.6) is 0 Å². The minimum Gasteiger partial charge on any atom is -0.350 e. The van der Waals surface area contributed by atoms with Crippen LogP contribution in [0.25, 0.3) is 22.8 Å². The van der Waals surface area contributed by atoms with Gasteiger partial charge in [-0.2, -0.15) is 18.2 Å². The van der Waals surface area contributed by atoms with E-state index >= 15 is 0 Å². The Labute approximate surface area is 153 Å². The van der Waals surface area contributed by atoms with Crippen LogP contribution >= 0.6 is 0 Å². The van der Waals surface area contributed by atoms with E-state index < -0.39 is 11.7 Å². The van der Waals surface area contributed by atoms with Crippen molar-refractivity contribution in [2.75, 3.05) is 0 Å². The minimum absolute atomic E-state index is 0.0307. The predicted molar refractivity (Wildman–Crippen MR) is 92.8 cm³/mol. The van der Waals surface area contributed by atoms with Crippen molar-refractivity contribution in [3.63, 3.8) is 0 Å². The van der Waals surface area contributed by atoms with E-state index in [0.717, 1.165) is 6.07 Å². The minimum atomic E-state index is -4.54. The number of benzene rings is 2. The smallest absolute Gasteiger partial charge is 0.350 e. The molecule has 0 saturated heterocycles. The van der Waals surface area contributed by atoms with Gasteiger partial charge in [-0.25, -0.2) is 0 Å². The largest absolute Gasteiger partial charge is 0.417 e. The number of rotatable bonds is 4. The number of halogens is 3. The first kappa shape index (κ1) is 18.6. The molecule has 2 aromatic carbocycles. The monoisotopic (exact) mass is 375 g/mol. The average molecular weight is 375 g/mol. The fourth-order valence-corrected chi connectivity index (χ4v) is 2.51. The third kappa shape index (κ3) is 4.16. The molecular formula is C19H16F3N3O2. The molecule has 140 valence electrons. The topological polar surface area (TPSA) is 68.0 Å². The second kappa shape index (κ2) is 7.22. The van der Waals surface area contributed by atoms with Crippen LogP contribution in [0, 0.1) is 0 Å². The number of hydrogen-bond donors (Lipinski definition) is 1. The molecule has 5 nitrogen and oxygen atoms in total. The summed E-state index contributed by atoms with van der Waals surface area (Å²) >= 11 is 0. The van der Waals surface area contributed by atoms with Crippen molar-refractivity contribution >= 4 is 5.91 Å². The molecule has 1 aromatic heterocycles. The van der Waals surface area contributed by atoms with E-state index in [9.17, 15) is 18.0 Å². The van der Waals surface area contributed by atoms with Gasteiger partial charge >= 0.3 is 6.18 Å². The number of amides is 1. The van der Waals surface area contributed by atoms with Gasteiger partial charge in [0.1, 0.15) is 0 Å². The highest BCUT2D eigenvalue weighted by Gasteiger charge is 2.34. The number of carbonyl (C=O) groups is 1. The van der Waals surface area contributed by atoms with Gasteiger partial charge in [-0.05, 0) is 38.1 Å². The first-order valence-corrected chi connectivity index (χ1v) is 8.17. The van der Waals surface area contributed by atoms with Crippen LogP contribution in [0.1, 0.15) is 29.8 Å². The second-order valence-corrected chi connectivity index (χ2v) is 6.18. The molecule has 0 saturated carbocycles. The molecule has 8 heteroatoms. The highest BCUT2D eigenvalue weighted by atomic mass is 19.4. The number of hydrogen-bond acceptors (Lipinski definition) is 4. The Morgan fingerprint density at radius 1 is 1.11 bits per heavy atom. The van der Waals surface area contributed by atoms with Crippen molar-refractivity contribution < 1.29 is 22.5 Å². The number of alkyl halides is 3. The summed E-state index contributed by atoms with van der Waals surface area (Å²) in [6.07, 6.45) is -4.54. The van der Waals surface area contributed by atoms with Gasteiger partial charge in [-0.3, -0.25) is 4.79 Å². The van der Waals surface area contributed by atoms with Crippen molar-refractivity contribution in [1.29, 1.82) is 0 Å². The van der Waals surface area contributed by atoms with Crippen molar-refractivity contribution in [3.05, 3.63) is 59.7 Å². The lowest BCUT2D eigenvalue weighted by Crippen LogP contribution is -2.30. The SMILES string of the molecule is CC(C)NC(=O)c1cccc(-c2noc(-c3ccccc3C(F)(F)F)n2)c1. The zero-order chi connectivity index (χ0) is 19.6. The van der Waals surface area contributed by atoms with Gasteiger partial charge in [-0.1, -0.05) is 29.4 Å². The summed E-state index contributed by atoms with van der Waals surface area (Å²) in [5.41, 5.74) is -0.197. The summed E-state index contributed by atoms with van der Waals surface area (Å²) in [4.78, 5) is 16.2. The van der Waals surface area contributed by atoms with Crippen LogP contribution in [0.2, 0.25) is 0 Å². The third-order valence-electron chi connectivity index (χ3n) is 3.69. The van der Waals surface area contributed by atoms with Crippen molar-refractivity contribution in [2.45, 2.75) is 26.1 Å². The molecule has 1 heterocycles. The van der Waals surface area contributed by atoms with Crippen LogP contribution in [0.4, 0.5) is 13.2 Å². The molecule has 0 aliphatic heterocycles. The lowest BCUT2D eigenvalue weighted by molar-refractivity contribution is -0.137. The molecule has 0 fully saturated rings. The second-order valence-electron chi connectivity index (χ2n) is 6.18. The molecular weight excluding hydrogens is 359 g/mol. The van der Waals surface area contributed by atoms with E-state index in [-0.39, 0.29) is 29.2 Å². The summed E-state index contributed by atoms with van der Waals surface area (Å²) in [6, 6.07) is 11.4. The summed E-state index contributed by atoms with van der Waals surface area (Å²) in [5.74, 6) is -0.408. The lowest BCUT2D eigenvalue weighted by Gasteiger charge is -2.09. The molecule has 1 amide bonds. The number of nitrogens with one attached hydrogen (secondary N) is 1. The van der Waals surface area contributed by atoms with Gasteiger partial charge in [0.15, 0.2) is 0 Å². The summed E-state index contributed by atoms with van der Waals surface area (Å²) < 4.78 is 44.6. The third-order valence-corrected chi connectivity index (χ3v) is 3.69. The van der Waals surface area contributed by atoms with Crippen LogP contribution in [0.15, 0.2) is 53.1 Å². The maximum atomic E-state index is 13.2. The molecule has 0 spiro atoms. The van der Waals surface area contributed by atoms with E-state index in [2.05, 4.69) is 15.5 Å². The van der Waals surface area contributed by atoms with Gasteiger partial charge < -0.3 is 9.84 Å². The van der Waals surface area contributed by atoms with Gasteiger partial charge in [0.2, 0.25) is 5.82 Å². The summed E-state index contributed by atoms with van der Waals surface area (Å²) in [6.45, 7) is 3.68. The summed E-state index contributed by atoms with van der Waals surface area (Å²) in [5, 5.41) is 6.53. The lowest BCUT2D eigenvalue weighted by atomic mass is 10.1. The molecule has 27 heavy (non-hydrogen) atoms. The fourth-order valence-electron chi connectivity index (χ4n) is 2.51. The van der Waals surface area contributed by atoms with Crippen LogP contribution < -0.4 is 5.32 Å². The van der Waals surface area contributed by atoms with E-state index in [1.165, 1.54) is 18.2 Å². The summed E-state index contributed by atoms with van der Waals surface area (Å²) in [7, 11) is 0. The molecule has 3 rings (SSSR count). The molecule has 0 atom stereocenters. The van der Waals surface area contributed by atoms with E-state index in [1.54, 1.807) is 24.3 Å². The van der Waals surface area contributed by atoms with Gasteiger partial charge in [0, 0.05) is 17.2 Å². The zero-order valence-corrected chi connectivity index (χ0v) is 14.5. The average Bonchev–Trinajstić information content (AvgIpc) is 3.10. The van der Waals surface area contributed by atoms with Crippen molar-refractivity contribution in [2.24, 2.45) is 0 Å². The first-order chi connectivity index (χ1) is 12.8. The Morgan fingerprint density at radius 2 is 1.85 bits per heavy atom. The van der Waals surface area contributed by atoms with Crippen molar-refractivity contribution in [3.8, 4) is 22.8 Å². The van der Waals surface area contributed by atoms with E-state index in [0.29, 0.717) is 11.1 Å². The quantitative estimate of drug-likeness (QED) is 0.726. The predicted octanol–water partition coefficient (Wildman–Crippen LogP) is 4.56. The van der Waals surface area contributed by atoms with Gasteiger partial charge in [0.05, 0.1) is 11.1 Å². The highest BCUT2D eigenvalue weighted by Crippen LogP contribution is 2.36. The Balaban J connectivity index is 1.95. The Morgan fingerprint density at radius 3 is 2.56 bits per heavy atom. The van der Waals surface area contributed by atoms with E-state index in [1.807, 2.05) is 13.8 Å². The maximum Gasteiger partial charge on any atom is 0.417 e. The number of aromatic nitrogens is 2. The van der Waals surface area contributed by atoms with E-state index in [4.69, 9.17) is 4.52 Å². The van der Waals surface area contributed by atoms with Crippen LogP contribution in [-0.2, 0) is 6.18 Å².